The molecule has 1 rings (SSSR count). The zero-order valence-electron chi connectivity index (χ0n) is 13.1. The van der Waals surface area contributed by atoms with Gasteiger partial charge in [0, 0.05) is 14.4 Å². The van der Waals surface area contributed by atoms with Gasteiger partial charge in [0.25, 0.3) is 0 Å². The molecule has 112 valence electrons. The van der Waals surface area contributed by atoms with Crippen molar-refractivity contribution in [1.82, 2.24) is 0 Å². The van der Waals surface area contributed by atoms with Crippen molar-refractivity contribution in [1.29, 1.82) is 0 Å². The highest BCUT2D eigenvalue weighted by molar-refractivity contribution is 8.22. The smallest absolute Gasteiger partial charge is 0.0412 e. The van der Waals surface area contributed by atoms with Crippen molar-refractivity contribution in [2.24, 2.45) is 0 Å². The highest BCUT2D eigenvalue weighted by Crippen LogP contribution is 2.37. The average Bonchev–Trinajstić information content (AvgIpc) is 2.43. The van der Waals surface area contributed by atoms with Gasteiger partial charge in [-0.05, 0) is 25.0 Å². The third-order valence-corrected chi connectivity index (χ3v) is 5.22. The maximum absolute atomic E-state index is 2.44. The van der Waals surface area contributed by atoms with Gasteiger partial charge in [-0.2, -0.15) is 0 Å². The predicted octanol–water partition coefficient (Wildman–Crippen LogP) is 7.12. The Bertz CT molecular complexity index is 368. The van der Waals surface area contributed by atoms with E-state index in [0.717, 1.165) is 0 Å². The molecule has 0 saturated heterocycles. The fourth-order valence-electron chi connectivity index (χ4n) is 1.92. The molecule has 1 aromatic carbocycles. The van der Waals surface area contributed by atoms with Gasteiger partial charge in [-0.15, -0.1) is 11.8 Å². The Morgan fingerprint density at radius 1 is 1.05 bits per heavy atom. The monoisotopic (exact) mass is 308 g/mol. The molecule has 0 fully saturated rings. The topological polar surface area (TPSA) is 0 Å². The molecule has 0 aliphatic carbocycles. The van der Waals surface area contributed by atoms with Crippen molar-refractivity contribution in [3.63, 3.8) is 0 Å². The summed E-state index contributed by atoms with van der Waals surface area (Å²) in [5.74, 6) is 0. The van der Waals surface area contributed by atoms with Gasteiger partial charge >= 0.3 is 0 Å². The summed E-state index contributed by atoms with van der Waals surface area (Å²) in [6.45, 7) is 6.81. The second kappa shape index (κ2) is 11.3. The number of hydrogen-bond acceptors (Lipinski definition) is 2. The van der Waals surface area contributed by atoms with Gasteiger partial charge in [-0.1, -0.05) is 82.5 Å². The minimum absolute atomic E-state index is 0.651. The minimum atomic E-state index is 0.651. The molecule has 0 aliphatic heterocycles. The van der Waals surface area contributed by atoms with E-state index in [0.29, 0.717) is 5.25 Å². The van der Waals surface area contributed by atoms with E-state index in [2.05, 4.69) is 57.2 Å². The molecule has 0 aliphatic rings. The van der Waals surface area contributed by atoms with Crippen LogP contribution in [0.2, 0.25) is 0 Å². The summed E-state index contributed by atoms with van der Waals surface area (Å²) in [4.78, 5) is 1.35. The highest BCUT2D eigenvalue weighted by atomic mass is 32.2. The fraction of sp³-hybridized carbons (Fsp3) is 0.556. The van der Waals surface area contributed by atoms with Crippen molar-refractivity contribution < 1.29 is 0 Å². The lowest BCUT2D eigenvalue weighted by Crippen LogP contribution is -1.86. The minimum Gasteiger partial charge on any atom is -0.116 e. The summed E-state index contributed by atoms with van der Waals surface area (Å²) in [6.07, 6.45) is 10.5. The molecule has 0 atom stereocenters. The number of rotatable bonds is 10. The molecule has 0 N–H and O–H groups in total. The molecule has 20 heavy (non-hydrogen) atoms. The maximum atomic E-state index is 2.44. The number of unbranched alkanes of at least 4 members (excludes halogenated alkanes) is 5. The zero-order chi connectivity index (χ0) is 14.6. The van der Waals surface area contributed by atoms with Gasteiger partial charge in [-0.3, -0.25) is 0 Å². The molecule has 1 aromatic rings. The van der Waals surface area contributed by atoms with Crippen molar-refractivity contribution in [3.05, 3.63) is 40.6 Å². The Kier molecular flexibility index (Phi) is 10.0. The SMILES string of the molecule is CCCCCCC/C=C(/Sc1ccccc1)SC(C)C. The standard InChI is InChI=1S/C18H28S2/c1-4-5-6-7-8-12-15-18(19-16(2)3)20-17-13-10-9-11-14-17/h9-11,13-16H,4-8,12H2,1-3H3/b18-15+. The molecule has 0 spiro atoms. The van der Waals surface area contributed by atoms with Crippen molar-refractivity contribution in [3.8, 4) is 0 Å². The molecule has 0 aromatic heterocycles. The molecule has 0 amide bonds. The summed E-state index contributed by atoms with van der Waals surface area (Å²) < 4.78 is 1.46. The van der Waals surface area contributed by atoms with Crippen LogP contribution in [0.4, 0.5) is 0 Å². The third kappa shape index (κ3) is 8.76. The van der Waals surface area contributed by atoms with Gasteiger partial charge in [0.2, 0.25) is 0 Å². The van der Waals surface area contributed by atoms with Crippen LogP contribution < -0.4 is 0 Å². The van der Waals surface area contributed by atoms with Crippen LogP contribution in [0.15, 0.2) is 45.5 Å². The first-order valence-corrected chi connectivity index (χ1v) is 9.51. The van der Waals surface area contributed by atoms with Gasteiger partial charge in [0.05, 0.1) is 0 Å². The van der Waals surface area contributed by atoms with E-state index in [4.69, 9.17) is 0 Å². The van der Waals surface area contributed by atoms with Crippen LogP contribution in [-0.4, -0.2) is 5.25 Å². The van der Waals surface area contributed by atoms with Crippen LogP contribution in [0.1, 0.15) is 59.3 Å². The predicted molar refractivity (Wildman–Crippen MR) is 96.5 cm³/mol. The normalized spacial score (nSPS) is 12.1. The molecule has 0 unspecified atom stereocenters. The van der Waals surface area contributed by atoms with E-state index >= 15 is 0 Å². The van der Waals surface area contributed by atoms with Crippen LogP contribution in [0, 0.1) is 0 Å². The first kappa shape index (κ1) is 17.7. The zero-order valence-corrected chi connectivity index (χ0v) is 14.7. The molecule has 0 heterocycles. The van der Waals surface area contributed by atoms with E-state index < -0.39 is 0 Å². The number of hydrogen-bond donors (Lipinski definition) is 0. The lowest BCUT2D eigenvalue weighted by Gasteiger charge is -2.10. The average molecular weight is 309 g/mol. The van der Waals surface area contributed by atoms with Crippen molar-refractivity contribution >= 4 is 23.5 Å². The first-order valence-electron chi connectivity index (χ1n) is 7.82. The lowest BCUT2D eigenvalue weighted by molar-refractivity contribution is 0.637. The molecule has 0 saturated carbocycles. The Labute approximate surface area is 133 Å². The number of allylic oxidation sites excluding steroid dienone is 1. The summed E-state index contributed by atoms with van der Waals surface area (Å²) in [5, 5.41) is 0.651. The number of benzene rings is 1. The van der Waals surface area contributed by atoms with Crippen molar-refractivity contribution in [2.45, 2.75) is 69.4 Å². The van der Waals surface area contributed by atoms with E-state index in [-0.39, 0.29) is 0 Å². The highest BCUT2D eigenvalue weighted by Gasteiger charge is 2.04. The lowest BCUT2D eigenvalue weighted by atomic mass is 10.1. The molecule has 0 radical (unpaired) electrons. The van der Waals surface area contributed by atoms with Crippen LogP contribution in [0.3, 0.4) is 0 Å². The van der Waals surface area contributed by atoms with E-state index in [1.165, 1.54) is 47.7 Å². The van der Waals surface area contributed by atoms with Crippen LogP contribution >= 0.6 is 23.5 Å². The van der Waals surface area contributed by atoms with Crippen LogP contribution in [-0.2, 0) is 0 Å². The molecular formula is C18H28S2. The first-order chi connectivity index (χ1) is 9.72. The largest absolute Gasteiger partial charge is 0.116 e. The second-order valence-electron chi connectivity index (χ2n) is 5.31. The van der Waals surface area contributed by atoms with E-state index in [1.807, 2.05) is 23.5 Å². The molecule has 0 nitrogen and oxygen atoms in total. The van der Waals surface area contributed by atoms with Crippen LogP contribution in [0.5, 0.6) is 0 Å². The maximum Gasteiger partial charge on any atom is 0.0412 e. The summed E-state index contributed by atoms with van der Waals surface area (Å²) in [7, 11) is 0. The second-order valence-corrected chi connectivity index (χ2v) is 8.30. The molecule has 0 bridgehead atoms. The van der Waals surface area contributed by atoms with Crippen LogP contribution in [0.25, 0.3) is 0 Å². The third-order valence-electron chi connectivity index (χ3n) is 2.93. The van der Waals surface area contributed by atoms with Gasteiger partial charge in [-0.25, -0.2) is 0 Å². The van der Waals surface area contributed by atoms with Gasteiger partial charge in [0.1, 0.15) is 0 Å². The number of thioether (sulfide) groups is 2. The summed E-state index contributed by atoms with van der Waals surface area (Å²) in [5.41, 5.74) is 0. The Hall–Kier alpha value is -0.340. The molecule has 2 heteroatoms. The Morgan fingerprint density at radius 3 is 2.40 bits per heavy atom. The van der Waals surface area contributed by atoms with Crippen molar-refractivity contribution in [2.75, 3.05) is 0 Å². The summed E-state index contributed by atoms with van der Waals surface area (Å²) >= 11 is 3.90. The van der Waals surface area contributed by atoms with E-state index in [9.17, 15) is 0 Å². The van der Waals surface area contributed by atoms with Gasteiger partial charge < -0.3 is 0 Å². The quantitative estimate of drug-likeness (QED) is 0.333. The Balaban J connectivity index is 2.42. The van der Waals surface area contributed by atoms with Gasteiger partial charge in [0.15, 0.2) is 0 Å². The summed E-state index contributed by atoms with van der Waals surface area (Å²) in [6, 6.07) is 10.7. The van der Waals surface area contributed by atoms with E-state index in [1.54, 1.807) is 0 Å². The fourth-order valence-corrected chi connectivity index (χ4v) is 4.38. The molecular weight excluding hydrogens is 280 g/mol. The Morgan fingerprint density at radius 2 is 1.75 bits per heavy atom.